The first kappa shape index (κ1) is 13.2. The highest BCUT2D eigenvalue weighted by Gasteiger charge is 2.21. The summed E-state index contributed by atoms with van der Waals surface area (Å²) < 4.78 is 1.58. The number of carbonyl (C=O) groups excluding carboxylic acids is 1. The Kier molecular flexibility index (Phi) is 4.25. The normalized spacial score (nSPS) is 10.6. The highest BCUT2D eigenvalue weighted by Crippen LogP contribution is 2.06. The van der Waals surface area contributed by atoms with Crippen LogP contribution in [0.2, 0.25) is 0 Å². The number of hydrogen-bond donors (Lipinski definition) is 1. The largest absolute Gasteiger partial charge is 0.480 e. The third kappa shape index (κ3) is 3.58. The number of carbonyl (C=O) groups is 2. The number of aliphatic carboxylic acids is 1. The van der Waals surface area contributed by atoms with Crippen LogP contribution in [0.25, 0.3) is 0 Å². The van der Waals surface area contributed by atoms with E-state index in [1.165, 1.54) is 17.4 Å². The van der Waals surface area contributed by atoms with Crippen molar-refractivity contribution < 1.29 is 14.7 Å². The molecule has 1 aromatic rings. The number of nitrogens with zero attached hydrogens (tertiary/aromatic N) is 3. The average molecular weight is 239 g/mol. The number of amides is 1. The van der Waals surface area contributed by atoms with E-state index in [0.29, 0.717) is 12.2 Å². The van der Waals surface area contributed by atoms with E-state index in [1.54, 1.807) is 11.6 Å². The topological polar surface area (TPSA) is 75.4 Å². The van der Waals surface area contributed by atoms with Crippen molar-refractivity contribution in [2.24, 2.45) is 13.0 Å². The van der Waals surface area contributed by atoms with Crippen molar-refractivity contribution in [2.75, 3.05) is 13.1 Å². The predicted molar refractivity (Wildman–Crippen MR) is 61.6 cm³/mol. The number of aryl methyl sites for hydroxylation is 1. The molecule has 0 aliphatic carbocycles. The number of carboxylic acid groups (broad SMARTS) is 1. The molecule has 0 saturated carbocycles. The van der Waals surface area contributed by atoms with Gasteiger partial charge in [0, 0.05) is 13.6 Å². The van der Waals surface area contributed by atoms with Crippen LogP contribution < -0.4 is 0 Å². The van der Waals surface area contributed by atoms with E-state index in [4.69, 9.17) is 5.11 Å². The minimum Gasteiger partial charge on any atom is -0.480 e. The second-order valence-electron chi connectivity index (χ2n) is 4.36. The fourth-order valence-electron chi connectivity index (χ4n) is 1.55. The van der Waals surface area contributed by atoms with Crippen LogP contribution in [0.1, 0.15) is 24.3 Å². The fourth-order valence-corrected chi connectivity index (χ4v) is 1.55. The van der Waals surface area contributed by atoms with Crippen molar-refractivity contribution >= 4 is 11.9 Å². The van der Waals surface area contributed by atoms with Gasteiger partial charge in [-0.3, -0.25) is 9.59 Å². The lowest BCUT2D eigenvalue weighted by molar-refractivity contribution is -0.137. The molecule has 1 amide bonds. The second kappa shape index (κ2) is 5.47. The smallest absolute Gasteiger partial charge is 0.323 e. The Morgan fingerprint density at radius 3 is 2.59 bits per heavy atom. The molecule has 1 heterocycles. The zero-order valence-corrected chi connectivity index (χ0v) is 10.3. The highest BCUT2D eigenvalue weighted by atomic mass is 16.4. The Morgan fingerprint density at radius 1 is 1.53 bits per heavy atom. The van der Waals surface area contributed by atoms with Gasteiger partial charge in [0.2, 0.25) is 0 Å². The summed E-state index contributed by atoms with van der Waals surface area (Å²) in [4.78, 5) is 28.0. The van der Waals surface area contributed by atoms with E-state index in [1.807, 2.05) is 13.8 Å². The third-order valence-electron chi connectivity index (χ3n) is 2.23. The molecule has 0 aromatic carbocycles. The Balaban J connectivity index is 2.86. The van der Waals surface area contributed by atoms with Gasteiger partial charge in [-0.1, -0.05) is 13.8 Å². The van der Waals surface area contributed by atoms with Crippen molar-refractivity contribution in [3.05, 3.63) is 18.2 Å². The Hall–Kier alpha value is -1.85. The summed E-state index contributed by atoms with van der Waals surface area (Å²) >= 11 is 0. The third-order valence-corrected chi connectivity index (χ3v) is 2.23. The molecule has 0 radical (unpaired) electrons. The number of carboxylic acids is 1. The van der Waals surface area contributed by atoms with Crippen LogP contribution in [0, 0.1) is 5.92 Å². The molecule has 94 valence electrons. The van der Waals surface area contributed by atoms with Gasteiger partial charge in [0.15, 0.2) is 0 Å². The molecule has 0 unspecified atom stereocenters. The number of rotatable bonds is 5. The van der Waals surface area contributed by atoms with Crippen molar-refractivity contribution in [3.63, 3.8) is 0 Å². The van der Waals surface area contributed by atoms with E-state index >= 15 is 0 Å². The summed E-state index contributed by atoms with van der Waals surface area (Å²) in [6, 6.07) is 0. The molecule has 6 heteroatoms. The van der Waals surface area contributed by atoms with E-state index < -0.39 is 5.97 Å². The Bertz CT molecular complexity index is 412. The SMILES string of the molecule is CC(C)CN(CC(=O)O)C(=O)c1cncn1C. The van der Waals surface area contributed by atoms with Crippen molar-refractivity contribution in [1.29, 1.82) is 0 Å². The molecule has 0 aliphatic rings. The monoisotopic (exact) mass is 239 g/mol. The van der Waals surface area contributed by atoms with Gasteiger partial charge in [-0.2, -0.15) is 0 Å². The van der Waals surface area contributed by atoms with E-state index in [-0.39, 0.29) is 18.4 Å². The zero-order chi connectivity index (χ0) is 13.0. The maximum absolute atomic E-state index is 12.1. The molecule has 0 bridgehead atoms. The molecule has 0 saturated heterocycles. The summed E-state index contributed by atoms with van der Waals surface area (Å²) in [5.41, 5.74) is 0.395. The van der Waals surface area contributed by atoms with Gasteiger partial charge in [0.25, 0.3) is 5.91 Å². The van der Waals surface area contributed by atoms with E-state index in [9.17, 15) is 9.59 Å². The number of hydrogen-bond acceptors (Lipinski definition) is 3. The van der Waals surface area contributed by atoms with Gasteiger partial charge in [-0.05, 0) is 5.92 Å². The van der Waals surface area contributed by atoms with Gasteiger partial charge < -0.3 is 14.6 Å². The molecular weight excluding hydrogens is 222 g/mol. The summed E-state index contributed by atoms with van der Waals surface area (Å²) in [5, 5.41) is 8.80. The second-order valence-corrected chi connectivity index (χ2v) is 4.36. The zero-order valence-electron chi connectivity index (χ0n) is 10.3. The first-order valence-corrected chi connectivity index (χ1v) is 5.39. The lowest BCUT2D eigenvalue weighted by Crippen LogP contribution is -2.39. The molecule has 1 rings (SSSR count). The van der Waals surface area contributed by atoms with Gasteiger partial charge in [0.05, 0.1) is 12.5 Å². The maximum Gasteiger partial charge on any atom is 0.323 e. The standard InChI is InChI=1S/C11H17N3O3/c1-8(2)5-14(6-10(15)16)11(17)9-4-12-7-13(9)3/h4,7-8H,5-6H2,1-3H3,(H,15,16). The molecule has 1 N–H and O–H groups in total. The molecule has 17 heavy (non-hydrogen) atoms. The van der Waals surface area contributed by atoms with Crippen LogP contribution >= 0.6 is 0 Å². The Labute approximate surface area is 99.9 Å². The highest BCUT2D eigenvalue weighted by molar-refractivity contribution is 5.94. The van der Waals surface area contributed by atoms with Crippen LogP contribution in [0.5, 0.6) is 0 Å². The molecule has 0 fully saturated rings. The fraction of sp³-hybridized carbons (Fsp3) is 0.545. The molecule has 0 aliphatic heterocycles. The van der Waals surface area contributed by atoms with Crippen LogP contribution in [-0.2, 0) is 11.8 Å². The minimum atomic E-state index is -1.01. The lowest BCUT2D eigenvalue weighted by atomic mass is 10.2. The van der Waals surface area contributed by atoms with Crippen molar-refractivity contribution in [1.82, 2.24) is 14.5 Å². The van der Waals surface area contributed by atoms with Gasteiger partial charge in [-0.15, -0.1) is 0 Å². The first-order valence-electron chi connectivity index (χ1n) is 5.39. The quantitative estimate of drug-likeness (QED) is 0.816. The van der Waals surface area contributed by atoms with Crippen LogP contribution in [-0.4, -0.2) is 44.5 Å². The average Bonchev–Trinajstić information content (AvgIpc) is 2.61. The first-order chi connectivity index (χ1) is 7.91. The molecule has 6 nitrogen and oxygen atoms in total. The maximum atomic E-state index is 12.1. The lowest BCUT2D eigenvalue weighted by Gasteiger charge is -2.22. The summed E-state index contributed by atoms with van der Waals surface area (Å²) in [6.45, 7) is 4.00. The van der Waals surface area contributed by atoms with Gasteiger partial charge >= 0.3 is 5.97 Å². The number of imidazole rings is 1. The van der Waals surface area contributed by atoms with Crippen LogP contribution in [0.3, 0.4) is 0 Å². The molecule has 0 spiro atoms. The van der Waals surface area contributed by atoms with Crippen molar-refractivity contribution in [3.8, 4) is 0 Å². The summed E-state index contributed by atoms with van der Waals surface area (Å²) in [6.07, 6.45) is 2.96. The van der Waals surface area contributed by atoms with Crippen LogP contribution in [0.4, 0.5) is 0 Å². The predicted octanol–water partition coefficient (Wildman–Crippen LogP) is 0.603. The molecule has 0 atom stereocenters. The Morgan fingerprint density at radius 2 is 2.18 bits per heavy atom. The number of aromatic nitrogens is 2. The summed E-state index contributed by atoms with van der Waals surface area (Å²) in [7, 11) is 1.70. The van der Waals surface area contributed by atoms with E-state index in [0.717, 1.165) is 0 Å². The molecular formula is C11H17N3O3. The van der Waals surface area contributed by atoms with Gasteiger partial charge in [-0.25, -0.2) is 4.98 Å². The minimum absolute atomic E-state index is 0.214. The van der Waals surface area contributed by atoms with E-state index in [2.05, 4.69) is 4.98 Å². The van der Waals surface area contributed by atoms with Crippen LogP contribution in [0.15, 0.2) is 12.5 Å². The van der Waals surface area contributed by atoms with Gasteiger partial charge in [0.1, 0.15) is 12.2 Å². The van der Waals surface area contributed by atoms with Crippen molar-refractivity contribution in [2.45, 2.75) is 13.8 Å². The summed E-state index contributed by atoms with van der Waals surface area (Å²) in [5.74, 6) is -1.10. The molecule has 1 aromatic heterocycles.